The second-order valence-electron chi connectivity index (χ2n) is 5.12. The van der Waals surface area contributed by atoms with Crippen LogP contribution >= 0.6 is 15.9 Å². The Morgan fingerprint density at radius 2 is 1.74 bits per heavy atom. The first-order valence-electron chi connectivity index (χ1n) is 6.89. The fourth-order valence-electron chi connectivity index (χ4n) is 2.31. The summed E-state index contributed by atoms with van der Waals surface area (Å²) in [5.41, 5.74) is 1.75. The van der Waals surface area contributed by atoms with Crippen molar-refractivity contribution in [1.29, 1.82) is 0 Å². The van der Waals surface area contributed by atoms with Crippen molar-refractivity contribution in [3.8, 4) is 0 Å². The zero-order valence-corrected chi connectivity index (χ0v) is 13.8. The van der Waals surface area contributed by atoms with Gasteiger partial charge in [-0.1, -0.05) is 28.1 Å². The molecule has 0 aliphatic heterocycles. The van der Waals surface area contributed by atoms with Crippen LogP contribution in [0.3, 0.4) is 0 Å². The van der Waals surface area contributed by atoms with Crippen LogP contribution in [0.4, 0.5) is 0 Å². The lowest BCUT2D eigenvalue weighted by Gasteiger charge is -2.03. The van der Waals surface area contributed by atoms with Crippen molar-refractivity contribution in [3.63, 3.8) is 0 Å². The molecule has 0 N–H and O–H groups in total. The molecule has 1 heterocycles. The minimum atomic E-state index is -0.619. The molecule has 3 aromatic rings. The molecule has 0 fully saturated rings. The second kappa shape index (κ2) is 5.96. The Kier molecular flexibility index (Phi) is 4.00. The first-order chi connectivity index (χ1) is 11.0. The minimum Gasteiger partial charge on any atom is -0.408 e. The fraction of sp³-hybridized carbons (Fsp3) is 0.118. The van der Waals surface area contributed by atoms with E-state index >= 15 is 0 Å². The molecule has 0 amide bonds. The van der Waals surface area contributed by atoms with Gasteiger partial charge in [-0.15, -0.1) is 0 Å². The van der Waals surface area contributed by atoms with E-state index in [0.29, 0.717) is 22.2 Å². The summed E-state index contributed by atoms with van der Waals surface area (Å²) >= 11 is 3.31. The van der Waals surface area contributed by atoms with Gasteiger partial charge < -0.3 is 4.42 Å². The van der Waals surface area contributed by atoms with E-state index in [1.54, 1.807) is 36.4 Å². The van der Waals surface area contributed by atoms with Gasteiger partial charge in [0.1, 0.15) is 0 Å². The number of aromatic nitrogens is 1. The standard InChI is InChI=1S/C17H12BrNO4/c1-10(20)12-4-7-14-16(8-12)23-17(22)19(14)9-15(21)11-2-5-13(18)6-3-11/h2-8H,9H2,1H3. The molecule has 0 bridgehead atoms. The molecule has 0 saturated carbocycles. The molecule has 2 aromatic carbocycles. The Morgan fingerprint density at radius 3 is 2.39 bits per heavy atom. The van der Waals surface area contributed by atoms with Gasteiger partial charge >= 0.3 is 5.76 Å². The van der Waals surface area contributed by atoms with E-state index in [2.05, 4.69) is 15.9 Å². The number of fused-ring (bicyclic) bond motifs is 1. The summed E-state index contributed by atoms with van der Waals surface area (Å²) < 4.78 is 7.28. The van der Waals surface area contributed by atoms with Crippen molar-refractivity contribution in [1.82, 2.24) is 4.57 Å². The molecule has 0 atom stereocenters. The molecule has 0 aliphatic rings. The van der Waals surface area contributed by atoms with Crippen molar-refractivity contribution in [2.24, 2.45) is 0 Å². The highest BCUT2D eigenvalue weighted by molar-refractivity contribution is 9.10. The van der Waals surface area contributed by atoms with Gasteiger partial charge in [0.15, 0.2) is 17.1 Å². The molecule has 0 saturated heterocycles. The lowest BCUT2D eigenvalue weighted by Crippen LogP contribution is -2.20. The van der Waals surface area contributed by atoms with Gasteiger partial charge in [-0.2, -0.15) is 0 Å². The zero-order chi connectivity index (χ0) is 16.6. The molecular formula is C17H12BrNO4. The number of nitrogens with zero attached hydrogens (tertiary/aromatic N) is 1. The zero-order valence-electron chi connectivity index (χ0n) is 12.2. The number of oxazole rings is 1. The van der Waals surface area contributed by atoms with E-state index in [0.717, 1.165) is 4.47 Å². The summed E-state index contributed by atoms with van der Waals surface area (Å²) in [6.45, 7) is 1.32. The Morgan fingerprint density at radius 1 is 1.09 bits per heavy atom. The van der Waals surface area contributed by atoms with Crippen molar-refractivity contribution < 1.29 is 14.0 Å². The first-order valence-corrected chi connectivity index (χ1v) is 7.68. The highest BCUT2D eigenvalue weighted by Gasteiger charge is 2.15. The number of halogens is 1. The van der Waals surface area contributed by atoms with E-state index < -0.39 is 5.76 Å². The monoisotopic (exact) mass is 373 g/mol. The predicted molar refractivity (Wildman–Crippen MR) is 89.0 cm³/mol. The van der Waals surface area contributed by atoms with Crippen LogP contribution in [0, 0.1) is 0 Å². The predicted octanol–water partition coefficient (Wildman–Crippen LogP) is 3.44. The van der Waals surface area contributed by atoms with E-state index in [9.17, 15) is 14.4 Å². The van der Waals surface area contributed by atoms with Gasteiger partial charge in [0.2, 0.25) is 0 Å². The number of rotatable bonds is 4. The molecule has 0 aliphatic carbocycles. The molecule has 6 heteroatoms. The lowest BCUT2D eigenvalue weighted by atomic mass is 10.1. The number of ketones is 2. The highest BCUT2D eigenvalue weighted by Crippen LogP contribution is 2.17. The minimum absolute atomic E-state index is 0.117. The van der Waals surface area contributed by atoms with Gasteiger partial charge in [-0.3, -0.25) is 14.2 Å². The Hall–Kier alpha value is -2.47. The third kappa shape index (κ3) is 3.03. The normalized spacial score (nSPS) is 10.9. The van der Waals surface area contributed by atoms with Crippen molar-refractivity contribution in [2.75, 3.05) is 0 Å². The summed E-state index contributed by atoms with van der Waals surface area (Å²) in [6, 6.07) is 11.7. The molecule has 0 unspecified atom stereocenters. The summed E-state index contributed by atoms with van der Waals surface area (Å²) in [7, 11) is 0. The smallest absolute Gasteiger partial charge is 0.408 e. The fourth-order valence-corrected chi connectivity index (χ4v) is 2.57. The molecule has 116 valence electrons. The van der Waals surface area contributed by atoms with Crippen molar-refractivity contribution >= 4 is 38.6 Å². The van der Waals surface area contributed by atoms with Crippen LogP contribution in [0.1, 0.15) is 27.6 Å². The van der Waals surface area contributed by atoms with Gasteiger partial charge in [-0.05, 0) is 37.3 Å². The Balaban J connectivity index is 1.98. The largest absolute Gasteiger partial charge is 0.420 e. The van der Waals surface area contributed by atoms with Gasteiger partial charge in [0.05, 0.1) is 12.1 Å². The van der Waals surface area contributed by atoms with E-state index in [1.165, 1.54) is 17.6 Å². The van der Waals surface area contributed by atoms with E-state index in [-0.39, 0.29) is 18.1 Å². The Labute approximate surface area is 139 Å². The van der Waals surface area contributed by atoms with Crippen LogP contribution in [0.15, 0.2) is 56.1 Å². The average molecular weight is 374 g/mol. The van der Waals surface area contributed by atoms with Gasteiger partial charge in [-0.25, -0.2) is 4.79 Å². The van der Waals surface area contributed by atoms with E-state index in [1.807, 2.05) is 0 Å². The summed E-state index contributed by atoms with van der Waals surface area (Å²) in [6.07, 6.45) is 0. The van der Waals surface area contributed by atoms with Crippen LogP contribution in [0.5, 0.6) is 0 Å². The van der Waals surface area contributed by atoms with Crippen LogP contribution < -0.4 is 5.76 Å². The third-order valence-corrected chi connectivity index (χ3v) is 4.07. The molecule has 3 rings (SSSR count). The van der Waals surface area contributed by atoms with Crippen LogP contribution in [0.25, 0.3) is 11.1 Å². The SMILES string of the molecule is CC(=O)c1ccc2c(c1)oc(=O)n2CC(=O)c1ccc(Br)cc1. The summed E-state index contributed by atoms with van der Waals surface area (Å²) in [5, 5.41) is 0. The number of carbonyl (C=O) groups excluding carboxylic acids is 2. The maximum absolute atomic E-state index is 12.3. The first kappa shape index (κ1) is 15.4. The molecule has 5 nitrogen and oxygen atoms in total. The average Bonchev–Trinajstić information content (AvgIpc) is 2.83. The highest BCUT2D eigenvalue weighted by atomic mass is 79.9. The van der Waals surface area contributed by atoms with Crippen LogP contribution in [0.2, 0.25) is 0 Å². The number of carbonyl (C=O) groups is 2. The molecule has 0 radical (unpaired) electrons. The molecule has 1 aromatic heterocycles. The van der Waals surface area contributed by atoms with Crippen LogP contribution in [-0.4, -0.2) is 16.1 Å². The molecular weight excluding hydrogens is 362 g/mol. The summed E-state index contributed by atoms with van der Waals surface area (Å²) in [4.78, 5) is 35.7. The Bertz CT molecular complexity index is 966. The topological polar surface area (TPSA) is 69.3 Å². The number of benzene rings is 2. The maximum atomic E-state index is 12.3. The second-order valence-corrected chi connectivity index (χ2v) is 6.04. The van der Waals surface area contributed by atoms with Gasteiger partial charge in [0.25, 0.3) is 0 Å². The van der Waals surface area contributed by atoms with Gasteiger partial charge in [0, 0.05) is 15.6 Å². The molecule has 23 heavy (non-hydrogen) atoms. The number of Topliss-reactive ketones (excluding diaryl/α,β-unsaturated/α-hetero) is 2. The third-order valence-electron chi connectivity index (χ3n) is 3.54. The van der Waals surface area contributed by atoms with E-state index in [4.69, 9.17) is 4.42 Å². The maximum Gasteiger partial charge on any atom is 0.420 e. The van der Waals surface area contributed by atoms with Crippen molar-refractivity contribution in [3.05, 3.63) is 68.6 Å². The molecule has 0 spiro atoms. The lowest BCUT2D eigenvalue weighted by molar-refractivity contribution is 0.0969. The summed E-state index contributed by atoms with van der Waals surface area (Å²) in [5.74, 6) is -0.933. The van der Waals surface area contributed by atoms with Crippen LogP contribution in [-0.2, 0) is 6.54 Å². The number of hydrogen-bond donors (Lipinski definition) is 0. The quantitative estimate of drug-likeness (QED) is 0.656. The van der Waals surface area contributed by atoms with Crippen molar-refractivity contribution in [2.45, 2.75) is 13.5 Å². The number of hydrogen-bond acceptors (Lipinski definition) is 4.